The molecule has 4 heteroatoms. The van der Waals surface area contributed by atoms with Crippen LogP contribution in [-0.4, -0.2) is 23.1 Å². The van der Waals surface area contributed by atoms with Crippen molar-refractivity contribution in [2.45, 2.75) is 33.2 Å². The molecule has 0 aromatic rings. The molecule has 12 heavy (non-hydrogen) atoms. The van der Waals surface area contributed by atoms with Crippen LogP contribution in [0.5, 0.6) is 0 Å². The van der Waals surface area contributed by atoms with E-state index >= 15 is 0 Å². The molecule has 1 atom stereocenters. The van der Waals surface area contributed by atoms with Gasteiger partial charge in [-0.1, -0.05) is 12.1 Å². The second-order valence-corrected chi connectivity index (χ2v) is 4.06. The predicted molar refractivity (Wildman–Crippen MR) is 50.3 cm³/mol. The number of rotatable bonds is 3. The van der Waals surface area contributed by atoms with Crippen LogP contribution >= 0.6 is 0 Å². The molecule has 0 aromatic heterocycles. The van der Waals surface area contributed by atoms with E-state index in [1.807, 2.05) is 6.92 Å². The molecule has 0 rings (SSSR count). The van der Waals surface area contributed by atoms with E-state index in [2.05, 4.69) is 31.2 Å². The number of hydrogen-bond acceptors (Lipinski definition) is 3. The molecule has 0 saturated carbocycles. The Hall–Kier alpha value is -0.770. The first-order chi connectivity index (χ1) is 5.37. The maximum absolute atomic E-state index is 8.37. The van der Waals surface area contributed by atoms with E-state index in [4.69, 9.17) is 10.9 Å². The topological polar surface area (TPSA) is 70.6 Å². The van der Waals surface area contributed by atoms with Crippen LogP contribution in [0.3, 0.4) is 0 Å². The molecular weight excluding hydrogens is 154 g/mol. The number of nitrogens with zero attached hydrogens (tertiary/aromatic N) is 1. The van der Waals surface area contributed by atoms with E-state index in [0.717, 1.165) is 6.54 Å². The standard InChI is InChI=1S/C8H19N3O/c1-6(7(9)11-12)5-10-8(2,3)4/h6,10,12H,5H2,1-4H3,(H2,9,11). The van der Waals surface area contributed by atoms with Gasteiger partial charge in [0.1, 0.15) is 5.84 Å². The van der Waals surface area contributed by atoms with Crippen molar-refractivity contribution >= 4 is 5.84 Å². The van der Waals surface area contributed by atoms with Crippen LogP contribution in [0.2, 0.25) is 0 Å². The predicted octanol–water partition coefficient (Wildman–Crippen LogP) is 0.757. The largest absolute Gasteiger partial charge is 0.409 e. The molecule has 72 valence electrons. The Labute approximate surface area is 73.8 Å². The molecule has 4 N–H and O–H groups in total. The Morgan fingerprint density at radius 1 is 1.58 bits per heavy atom. The highest BCUT2D eigenvalue weighted by Gasteiger charge is 2.13. The SMILES string of the molecule is CC(CNC(C)(C)C)C(N)=NO. The van der Waals surface area contributed by atoms with Crippen LogP contribution in [0.1, 0.15) is 27.7 Å². The van der Waals surface area contributed by atoms with Crippen molar-refractivity contribution in [3.8, 4) is 0 Å². The Morgan fingerprint density at radius 2 is 2.08 bits per heavy atom. The Bertz CT molecular complexity index is 160. The fraction of sp³-hybridized carbons (Fsp3) is 0.875. The Kier molecular flexibility index (Phi) is 4.03. The minimum Gasteiger partial charge on any atom is -0.409 e. The van der Waals surface area contributed by atoms with E-state index in [1.165, 1.54) is 0 Å². The lowest BCUT2D eigenvalue weighted by atomic mass is 10.1. The van der Waals surface area contributed by atoms with Gasteiger partial charge in [-0.05, 0) is 20.8 Å². The van der Waals surface area contributed by atoms with Crippen LogP contribution in [0.4, 0.5) is 0 Å². The summed E-state index contributed by atoms with van der Waals surface area (Å²) >= 11 is 0. The first-order valence-corrected chi connectivity index (χ1v) is 4.09. The van der Waals surface area contributed by atoms with Gasteiger partial charge in [-0.3, -0.25) is 0 Å². The molecule has 0 radical (unpaired) electrons. The lowest BCUT2D eigenvalue weighted by Crippen LogP contribution is -2.41. The lowest BCUT2D eigenvalue weighted by Gasteiger charge is -2.22. The average molecular weight is 173 g/mol. The third-order valence-corrected chi connectivity index (χ3v) is 1.56. The molecule has 0 heterocycles. The van der Waals surface area contributed by atoms with Crippen molar-refractivity contribution in [1.82, 2.24) is 5.32 Å². The summed E-state index contributed by atoms with van der Waals surface area (Å²) in [5, 5.41) is 14.6. The molecular formula is C8H19N3O. The third kappa shape index (κ3) is 4.96. The minimum absolute atomic E-state index is 0.0641. The number of nitrogens with two attached hydrogens (primary N) is 1. The summed E-state index contributed by atoms with van der Waals surface area (Å²) in [6.45, 7) is 8.86. The Morgan fingerprint density at radius 3 is 2.42 bits per heavy atom. The molecule has 0 aliphatic rings. The summed E-state index contributed by atoms with van der Waals surface area (Å²) in [7, 11) is 0. The zero-order valence-corrected chi connectivity index (χ0v) is 8.26. The second kappa shape index (κ2) is 4.30. The number of amidine groups is 1. The first-order valence-electron chi connectivity index (χ1n) is 4.09. The van der Waals surface area contributed by atoms with Crippen molar-refractivity contribution in [1.29, 1.82) is 0 Å². The van der Waals surface area contributed by atoms with E-state index < -0.39 is 0 Å². The highest BCUT2D eigenvalue weighted by atomic mass is 16.4. The lowest BCUT2D eigenvalue weighted by molar-refractivity contribution is 0.312. The molecule has 1 unspecified atom stereocenters. The van der Waals surface area contributed by atoms with E-state index in [0.29, 0.717) is 0 Å². The molecule has 0 bridgehead atoms. The zero-order chi connectivity index (χ0) is 9.78. The van der Waals surface area contributed by atoms with Crippen LogP contribution in [0.25, 0.3) is 0 Å². The number of oxime groups is 1. The van der Waals surface area contributed by atoms with Crippen LogP contribution < -0.4 is 11.1 Å². The molecule has 0 amide bonds. The first kappa shape index (κ1) is 11.2. The van der Waals surface area contributed by atoms with Gasteiger partial charge in [0.2, 0.25) is 0 Å². The van der Waals surface area contributed by atoms with Gasteiger partial charge >= 0.3 is 0 Å². The van der Waals surface area contributed by atoms with Crippen molar-refractivity contribution in [2.75, 3.05) is 6.54 Å². The van der Waals surface area contributed by atoms with Gasteiger partial charge in [-0.2, -0.15) is 0 Å². The zero-order valence-electron chi connectivity index (χ0n) is 8.26. The highest BCUT2D eigenvalue weighted by molar-refractivity contribution is 5.82. The summed E-state index contributed by atoms with van der Waals surface area (Å²) in [6, 6.07) is 0. The fourth-order valence-electron chi connectivity index (χ4n) is 0.662. The summed E-state index contributed by atoms with van der Waals surface area (Å²) in [5.41, 5.74) is 5.48. The molecule has 0 aliphatic carbocycles. The second-order valence-electron chi connectivity index (χ2n) is 4.06. The summed E-state index contributed by atoms with van der Waals surface area (Å²) in [5.74, 6) is 0.334. The van der Waals surface area contributed by atoms with E-state index in [1.54, 1.807) is 0 Å². The van der Waals surface area contributed by atoms with Gasteiger partial charge < -0.3 is 16.3 Å². The third-order valence-electron chi connectivity index (χ3n) is 1.56. The summed E-state index contributed by atoms with van der Waals surface area (Å²) < 4.78 is 0. The molecule has 0 fully saturated rings. The molecule has 4 nitrogen and oxygen atoms in total. The van der Waals surface area contributed by atoms with Gasteiger partial charge in [-0.25, -0.2) is 0 Å². The maximum Gasteiger partial charge on any atom is 0.143 e. The summed E-state index contributed by atoms with van der Waals surface area (Å²) in [6.07, 6.45) is 0. The normalized spacial score (nSPS) is 16.2. The fourth-order valence-corrected chi connectivity index (χ4v) is 0.662. The van der Waals surface area contributed by atoms with Crippen LogP contribution in [0.15, 0.2) is 5.16 Å². The smallest absolute Gasteiger partial charge is 0.143 e. The minimum atomic E-state index is 0.0641. The van der Waals surface area contributed by atoms with E-state index in [9.17, 15) is 0 Å². The van der Waals surface area contributed by atoms with Crippen LogP contribution in [-0.2, 0) is 0 Å². The molecule has 0 aliphatic heterocycles. The van der Waals surface area contributed by atoms with Crippen molar-refractivity contribution in [3.63, 3.8) is 0 Å². The van der Waals surface area contributed by atoms with Gasteiger partial charge in [0.25, 0.3) is 0 Å². The number of hydrogen-bond donors (Lipinski definition) is 3. The molecule has 0 aromatic carbocycles. The quantitative estimate of drug-likeness (QED) is 0.255. The number of nitrogens with one attached hydrogen (secondary N) is 1. The molecule has 0 spiro atoms. The van der Waals surface area contributed by atoms with E-state index in [-0.39, 0.29) is 17.3 Å². The average Bonchev–Trinajstić information content (AvgIpc) is 1.97. The summed E-state index contributed by atoms with van der Waals surface area (Å²) in [4.78, 5) is 0. The van der Waals surface area contributed by atoms with Gasteiger partial charge in [0.05, 0.1) is 0 Å². The molecule has 0 saturated heterocycles. The Balaban J connectivity index is 3.80. The van der Waals surface area contributed by atoms with Crippen molar-refractivity contribution in [3.05, 3.63) is 0 Å². The van der Waals surface area contributed by atoms with Gasteiger partial charge in [-0.15, -0.1) is 0 Å². The maximum atomic E-state index is 8.37. The van der Waals surface area contributed by atoms with Crippen molar-refractivity contribution in [2.24, 2.45) is 16.8 Å². The van der Waals surface area contributed by atoms with Gasteiger partial charge in [0, 0.05) is 18.0 Å². The monoisotopic (exact) mass is 173 g/mol. The van der Waals surface area contributed by atoms with Crippen molar-refractivity contribution < 1.29 is 5.21 Å². The van der Waals surface area contributed by atoms with Gasteiger partial charge in [0.15, 0.2) is 0 Å². The van der Waals surface area contributed by atoms with Crippen LogP contribution in [0, 0.1) is 5.92 Å². The highest BCUT2D eigenvalue weighted by Crippen LogP contribution is 2.01.